The number of rotatable bonds is 7. The Kier molecular flexibility index (Phi) is 7.73. The number of carbonyl (C=O) groups excluding carboxylic acids is 3. The number of esters is 1. The van der Waals surface area contributed by atoms with E-state index in [1.807, 2.05) is 33.8 Å². The number of alkyl halides is 3. The maximum absolute atomic E-state index is 14.8. The van der Waals surface area contributed by atoms with Crippen molar-refractivity contribution in [2.75, 3.05) is 13.1 Å². The molecule has 53 heavy (non-hydrogen) atoms. The van der Waals surface area contributed by atoms with Gasteiger partial charge in [-0.05, 0) is 101 Å². The van der Waals surface area contributed by atoms with Gasteiger partial charge in [0.25, 0.3) is 5.91 Å². The van der Waals surface area contributed by atoms with Crippen LogP contribution in [0.15, 0.2) is 48.1 Å². The van der Waals surface area contributed by atoms with E-state index < -0.39 is 61.9 Å². The van der Waals surface area contributed by atoms with Crippen LogP contribution in [0.2, 0.25) is 0 Å². The van der Waals surface area contributed by atoms with Crippen molar-refractivity contribution in [3.63, 3.8) is 0 Å². The van der Waals surface area contributed by atoms with Crippen molar-refractivity contribution in [3.8, 4) is 0 Å². The van der Waals surface area contributed by atoms with Gasteiger partial charge in [0.15, 0.2) is 11.4 Å². The van der Waals surface area contributed by atoms with Gasteiger partial charge < -0.3 is 19.8 Å². The van der Waals surface area contributed by atoms with Gasteiger partial charge in [-0.15, -0.1) is 0 Å². The lowest BCUT2D eigenvalue weighted by Gasteiger charge is -2.71. The maximum atomic E-state index is 14.8. The molecule has 1 amide bonds. The molecule has 10 unspecified atom stereocenters. The normalized spacial score (nSPS) is 44.5. The summed E-state index contributed by atoms with van der Waals surface area (Å²) in [6.45, 7) is 12.5. The van der Waals surface area contributed by atoms with Crippen molar-refractivity contribution in [3.05, 3.63) is 59.2 Å². The molecule has 1 aliphatic heterocycles. The number of benzene rings is 1. The molecule has 9 rings (SSSR count). The number of carbonyl (C=O) groups is 3. The van der Waals surface area contributed by atoms with Gasteiger partial charge in [-0.1, -0.05) is 65.0 Å². The van der Waals surface area contributed by atoms with Crippen molar-refractivity contribution in [2.45, 2.75) is 129 Å². The first-order valence-electron chi connectivity index (χ1n) is 19.7. The lowest BCUT2D eigenvalue weighted by molar-refractivity contribution is -0.187. The zero-order valence-electron chi connectivity index (χ0n) is 31.9. The summed E-state index contributed by atoms with van der Waals surface area (Å²) in [7, 11) is 0. The summed E-state index contributed by atoms with van der Waals surface area (Å²) < 4.78 is 47.8. The molecule has 5 fully saturated rings. The fourth-order valence-corrected chi connectivity index (χ4v) is 13.4. The summed E-state index contributed by atoms with van der Waals surface area (Å²) in [5.41, 5.74) is -7.17. The molecule has 1 saturated heterocycles. The molecular weight excluding hydrogens is 683 g/mol. The molecule has 10 atom stereocenters. The van der Waals surface area contributed by atoms with Crippen molar-refractivity contribution in [1.29, 1.82) is 0 Å². The van der Waals surface area contributed by atoms with Crippen LogP contribution in [0.4, 0.5) is 13.2 Å². The highest BCUT2D eigenvalue weighted by Gasteiger charge is 2.78. The van der Waals surface area contributed by atoms with Gasteiger partial charge >= 0.3 is 12.1 Å². The minimum Gasteiger partial charge on any atom is -0.448 e. The summed E-state index contributed by atoms with van der Waals surface area (Å²) in [6.07, 6.45) is 6.82. The Bertz CT molecular complexity index is 1850. The summed E-state index contributed by atoms with van der Waals surface area (Å²) in [5.74, 6) is -1.34. The highest BCUT2D eigenvalue weighted by atomic mass is 19.4. The number of aliphatic hydroxyl groups is 2. The number of fused-ring (bicyclic) bond motifs is 3. The smallest absolute Gasteiger partial charge is 0.416 e. The van der Waals surface area contributed by atoms with E-state index in [9.17, 15) is 37.8 Å². The van der Waals surface area contributed by atoms with Crippen LogP contribution in [0.25, 0.3) is 0 Å². The van der Waals surface area contributed by atoms with Gasteiger partial charge in [0, 0.05) is 39.3 Å². The van der Waals surface area contributed by atoms with Gasteiger partial charge in [0.05, 0.1) is 29.2 Å². The number of nitrogens with zero attached hydrogens (tertiary/aromatic N) is 1. The van der Waals surface area contributed by atoms with Crippen molar-refractivity contribution >= 4 is 17.7 Å². The number of ketones is 1. The average molecular weight is 738 g/mol. The van der Waals surface area contributed by atoms with Gasteiger partial charge in [-0.3, -0.25) is 14.4 Å². The van der Waals surface area contributed by atoms with Gasteiger partial charge in [0.2, 0.25) is 0 Å². The third kappa shape index (κ3) is 4.34. The molecule has 288 valence electrons. The molecule has 1 aromatic rings. The van der Waals surface area contributed by atoms with Crippen LogP contribution < -0.4 is 0 Å². The fourth-order valence-electron chi connectivity index (χ4n) is 13.4. The topological polar surface area (TPSA) is 104 Å². The summed E-state index contributed by atoms with van der Waals surface area (Å²) in [6, 6.07) is 4.65. The lowest BCUT2D eigenvalue weighted by atomic mass is 9.32. The van der Waals surface area contributed by atoms with E-state index in [1.165, 1.54) is 12.1 Å². The number of hydrogen-bond donors (Lipinski definition) is 2. The molecule has 1 heterocycles. The average Bonchev–Trinajstić information content (AvgIpc) is 3.55. The molecule has 2 spiro atoms. The zero-order valence-corrected chi connectivity index (χ0v) is 31.9. The number of hydrogen-bond acceptors (Lipinski definition) is 6. The number of ether oxygens (including phenoxy) is 1. The molecule has 8 aliphatic rings. The number of amides is 1. The second-order valence-corrected chi connectivity index (χ2v) is 19.1. The third-order valence-corrected chi connectivity index (χ3v) is 17.1. The Hall–Kier alpha value is -2.98. The first-order valence-corrected chi connectivity index (χ1v) is 19.7. The Morgan fingerprint density at radius 1 is 0.943 bits per heavy atom. The SMILES string of the molecule is CCCN(CC1(O)CCC2C34C=CC5(C=C3C(=O)c3cccc(C(F)(F)F)c3)CC(O)CCC5(C)C4CCC21C)C(=O)C12CCC(C)(C(=O)O1)C2(C)C. The minimum absolute atomic E-state index is 0.0218. The van der Waals surface area contributed by atoms with E-state index in [2.05, 4.69) is 26.0 Å². The fraction of sp³-hybridized carbons (Fsp3) is 0.698. The van der Waals surface area contributed by atoms with Crippen LogP contribution in [0, 0.1) is 44.3 Å². The summed E-state index contributed by atoms with van der Waals surface area (Å²) in [5, 5.41) is 24.0. The second-order valence-electron chi connectivity index (χ2n) is 19.1. The molecule has 4 bridgehead atoms. The Balaban J connectivity index is 1.21. The zero-order chi connectivity index (χ0) is 38.4. The predicted octanol–water partition coefficient (Wildman–Crippen LogP) is 7.84. The van der Waals surface area contributed by atoms with E-state index in [4.69, 9.17) is 4.74 Å². The first kappa shape index (κ1) is 37.0. The largest absolute Gasteiger partial charge is 0.448 e. The van der Waals surface area contributed by atoms with Crippen LogP contribution in [0.3, 0.4) is 0 Å². The molecule has 0 radical (unpaired) electrons. The predicted molar refractivity (Wildman–Crippen MR) is 191 cm³/mol. The summed E-state index contributed by atoms with van der Waals surface area (Å²) in [4.78, 5) is 44.5. The van der Waals surface area contributed by atoms with E-state index in [-0.39, 0.29) is 41.2 Å². The number of aliphatic hydroxyl groups excluding tert-OH is 1. The summed E-state index contributed by atoms with van der Waals surface area (Å²) >= 11 is 0. The molecule has 7 nitrogen and oxygen atoms in total. The molecule has 1 aromatic carbocycles. The van der Waals surface area contributed by atoms with Gasteiger partial charge in [-0.2, -0.15) is 13.2 Å². The van der Waals surface area contributed by atoms with E-state index in [0.29, 0.717) is 69.9 Å². The molecule has 2 N–H and O–H groups in total. The van der Waals surface area contributed by atoms with Crippen LogP contribution in [0.5, 0.6) is 0 Å². The Morgan fingerprint density at radius 2 is 1.62 bits per heavy atom. The van der Waals surface area contributed by atoms with Gasteiger partial charge in [0.1, 0.15) is 0 Å². The molecule has 0 aromatic heterocycles. The Labute approximate surface area is 310 Å². The first-order chi connectivity index (χ1) is 24.6. The van der Waals surface area contributed by atoms with E-state index in [1.54, 1.807) is 4.90 Å². The van der Waals surface area contributed by atoms with Crippen molar-refractivity contribution in [2.24, 2.45) is 44.3 Å². The van der Waals surface area contributed by atoms with Crippen LogP contribution in [0.1, 0.15) is 122 Å². The minimum atomic E-state index is -4.61. The number of halogens is 3. The van der Waals surface area contributed by atoms with Crippen LogP contribution in [-0.4, -0.2) is 63.2 Å². The molecule has 10 heteroatoms. The highest BCUT2D eigenvalue weighted by Crippen LogP contribution is 2.78. The molecule has 4 saturated carbocycles. The van der Waals surface area contributed by atoms with Crippen molar-refractivity contribution in [1.82, 2.24) is 4.90 Å². The third-order valence-electron chi connectivity index (χ3n) is 17.1. The standard InChI is InChI=1S/C43H54F3NO6/c1-7-21-47(33(50)42-20-17-38(6,34(51)53-42)35(42,2)3)25-40(52)16-13-31-37(40,5)15-12-30-36(4)14-11-28(48)23-39(36)18-19-41(30,31)29(24-39)32(49)26-9-8-10-27(22-26)43(44,45)46/h8-10,18-19,22,24,28,30-31,48,52H,7,11-17,20-21,23,25H2,1-6H3. The monoisotopic (exact) mass is 737 g/mol. The highest BCUT2D eigenvalue weighted by molar-refractivity contribution is 6.10. The number of Topliss-reactive ketones (excluding diaryl/α,β-unsaturated/α-hetero) is 1. The van der Waals surface area contributed by atoms with Crippen LogP contribution in [-0.2, 0) is 20.5 Å². The quantitative estimate of drug-likeness (QED) is 0.168. The molecular formula is C43H54F3NO6. The van der Waals surface area contributed by atoms with E-state index >= 15 is 0 Å². The second kappa shape index (κ2) is 11.1. The maximum Gasteiger partial charge on any atom is 0.416 e. The van der Waals surface area contributed by atoms with Crippen LogP contribution >= 0.6 is 0 Å². The van der Waals surface area contributed by atoms with Crippen molar-refractivity contribution < 1.29 is 42.5 Å². The molecule has 7 aliphatic carbocycles. The number of allylic oxidation sites excluding steroid dienone is 4. The van der Waals surface area contributed by atoms with E-state index in [0.717, 1.165) is 18.6 Å². The Morgan fingerprint density at radius 3 is 2.26 bits per heavy atom. The lowest BCUT2D eigenvalue weighted by Crippen LogP contribution is -2.68. The van der Waals surface area contributed by atoms with Gasteiger partial charge in [-0.25, -0.2) is 0 Å².